The molecule has 1 saturated carbocycles. The lowest BCUT2D eigenvalue weighted by atomic mass is 9.63. The molecule has 0 radical (unpaired) electrons. The van der Waals surface area contributed by atoms with Crippen LogP contribution in [0, 0.1) is 13.8 Å². The third kappa shape index (κ3) is 2.16. The number of hydrogen-bond donors (Lipinski definition) is 1. The number of benzene rings is 1. The van der Waals surface area contributed by atoms with E-state index in [9.17, 15) is 18.3 Å². The molecule has 5 heteroatoms. The summed E-state index contributed by atoms with van der Waals surface area (Å²) in [5, 5.41) is 9.50. The normalized spacial score (nSPS) is 17.8. The molecule has 1 fully saturated rings. The first kappa shape index (κ1) is 14.1. The molecule has 0 aliphatic heterocycles. The molecule has 0 saturated heterocycles. The lowest BCUT2D eigenvalue weighted by Crippen LogP contribution is -2.43. The summed E-state index contributed by atoms with van der Waals surface area (Å²) < 4.78 is 23.4. The Labute approximate surface area is 113 Å². The van der Waals surface area contributed by atoms with Crippen LogP contribution in [0.5, 0.6) is 0 Å². The van der Waals surface area contributed by atoms with Crippen molar-refractivity contribution in [1.29, 1.82) is 0 Å². The van der Waals surface area contributed by atoms with E-state index in [1.807, 2.05) is 13.8 Å². The van der Waals surface area contributed by atoms with E-state index < -0.39 is 21.2 Å². The van der Waals surface area contributed by atoms with Gasteiger partial charge in [-0.25, -0.2) is 8.42 Å². The summed E-state index contributed by atoms with van der Waals surface area (Å²) in [7, 11) is -3.33. The van der Waals surface area contributed by atoms with Gasteiger partial charge in [0, 0.05) is 6.26 Å². The van der Waals surface area contributed by atoms with Gasteiger partial charge < -0.3 is 5.11 Å². The molecule has 1 aliphatic rings. The first-order chi connectivity index (χ1) is 8.68. The van der Waals surface area contributed by atoms with Crippen LogP contribution in [0.4, 0.5) is 0 Å². The molecule has 104 valence electrons. The molecule has 0 heterocycles. The zero-order chi connectivity index (χ0) is 14.4. The predicted molar refractivity (Wildman–Crippen MR) is 72.2 cm³/mol. The van der Waals surface area contributed by atoms with Crippen molar-refractivity contribution in [2.24, 2.45) is 0 Å². The summed E-state index contributed by atoms with van der Waals surface area (Å²) in [6.07, 6.45) is 3.18. The number of aliphatic carboxylic acids is 1. The van der Waals surface area contributed by atoms with Crippen molar-refractivity contribution in [3.05, 3.63) is 28.8 Å². The Hall–Kier alpha value is -1.36. The largest absolute Gasteiger partial charge is 0.481 e. The van der Waals surface area contributed by atoms with Gasteiger partial charge in [-0.2, -0.15) is 0 Å². The number of hydrogen-bond acceptors (Lipinski definition) is 3. The molecule has 0 spiro atoms. The second-order valence-corrected chi connectivity index (χ2v) is 7.44. The molecule has 0 aromatic heterocycles. The van der Waals surface area contributed by atoms with Gasteiger partial charge >= 0.3 is 5.97 Å². The van der Waals surface area contributed by atoms with Gasteiger partial charge in [0.2, 0.25) is 0 Å². The van der Waals surface area contributed by atoms with E-state index >= 15 is 0 Å². The van der Waals surface area contributed by atoms with Gasteiger partial charge in [-0.05, 0) is 55.5 Å². The number of carbonyl (C=O) groups is 1. The highest BCUT2D eigenvalue weighted by Gasteiger charge is 2.47. The molecule has 0 amide bonds. The van der Waals surface area contributed by atoms with Crippen molar-refractivity contribution in [3.8, 4) is 0 Å². The fourth-order valence-electron chi connectivity index (χ4n) is 2.67. The smallest absolute Gasteiger partial charge is 0.314 e. The highest BCUT2D eigenvalue weighted by atomic mass is 32.2. The minimum atomic E-state index is -3.33. The summed E-state index contributed by atoms with van der Waals surface area (Å²) in [5.74, 6) is -0.855. The highest BCUT2D eigenvalue weighted by molar-refractivity contribution is 7.90. The van der Waals surface area contributed by atoms with Gasteiger partial charge in [0.1, 0.15) is 0 Å². The first-order valence-corrected chi connectivity index (χ1v) is 8.13. The van der Waals surface area contributed by atoms with E-state index in [0.29, 0.717) is 18.4 Å². The molecule has 4 nitrogen and oxygen atoms in total. The SMILES string of the molecule is Cc1cc(S(C)(=O)=O)cc(C2(C(=O)O)CCC2)c1C. The highest BCUT2D eigenvalue weighted by Crippen LogP contribution is 2.46. The average Bonchev–Trinajstić information content (AvgIpc) is 2.20. The number of aryl methyl sites for hydroxylation is 1. The maximum absolute atomic E-state index is 11.7. The van der Waals surface area contributed by atoms with Gasteiger partial charge in [-0.15, -0.1) is 0 Å². The number of sulfone groups is 1. The fraction of sp³-hybridized carbons (Fsp3) is 0.500. The molecular formula is C14H18O4S. The van der Waals surface area contributed by atoms with E-state index in [-0.39, 0.29) is 4.90 Å². The third-order valence-corrected chi connectivity index (χ3v) is 5.29. The van der Waals surface area contributed by atoms with Crippen molar-refractivity contribution in [1.82, 2.24) is 0 Å². The molecule has 19 heavy (non-hydrogen) atoms. The molecule has 1 aromatic rings. The topological polar surface area (TPSA) is 71.4 Å². The van der Waals surface area contributed by atoms with Gasteiger partial charge in [0.05, 0.1) is 10.3 Å². The molecule has 1 aromatic carbocycles. The average molecular weight is 282 g/mol. The van der Waals surface area contributed by atoms with Crippen molar-refractivity contribution in [2.75, 3.05) is 6.26 Å². The maximum Gasteiger partial charge on any atom is 0.314 e. The van der Waals surface area contributed by atoms with Gasteiger partial charge in [0.25, 0.3) is 0 Å². The Kier molecular flexibility index (Phi) is 3.21. The lowest BCUT2D eigenvalue weighted by Gasteiger charge is -2.39. The Morgan fingerprint density at radius 1 is 1.26 bits per heavy atom. The second kappa shape index (κ2) is 4.34. The van der Waals surface area contributed by atoms with E-state index in [2.05, 4.69) is 0 Å². The van der Waals surface area contributed by atoms with Gasteiger partial charge in [-0.3, -0.25) is 4.79 Å². The first-order valence-electron chi connectivity index (χ1n) is 6.24. The number of rotatable bonds is 3. The van der Waals surface area contributed by atoms with Crippen LogP contribution < -0.4 is 0 Å². The third-order valence-electron chi connectivity index (χ3n) is 4.20. The minimum absolute atomic E-state index is 0.207. The maximum atomic E-state index is 11.7. The zero-order valence-electron chi connectivity index (χ0n) is 11.4. The Morgan fingerprint density at radius 3 is 2.21 bits per heavy atom. The Bertz CT molecular complexity index is 640. The minimum Gasteiger partial charge on any atom is -0.481 e. The predicted octanol–water partition coefficient (Wildman–Crippen LogP) is 2.21. The number of carboxylic acids is 1. The Balaban J connectivity index is 2.70. The summed E-state index contributed by atoms with van der Waals surface area (Å²) in [6, 6.07) is 3.16. The van der Waals surface area contributed by atoms with E-state index in [1.165, 1.54) is 0 Å². The summed E-state index contributed by atoms with van der Waals surface area (Å²) in [6.45, 7) is 3.68. The van der Waals surface area contributed by atoms with E-state index in [0.717, 1.165) is 23.8 Å². The lowest BCUT2D eigenvalue weighted by molar-refractivity contribution is -0.147. The zero-order valence-corrected chi connectivity index (χ0v) is 12.2. The summed E-state index contributed by atoms with van der Waals surface area (Å²) in [4.78, 5) is 11.8. The molecule has 2 rings (SSSR count). The van der Waals surface area contributed by atoms with Crippen molar-refractivity contribution in [2.45, 2.75) is 43.4 Å². The molecule has 0 bridgehead atoms. The molecule has 0 unspecified atom stereocenters. The van der Waals surface area contributed by atoms with Crippen LogP contribution in [0.15, 0.2) is 17.0 Å². The van der Waals surface area contributed by atoms with Gasteiger partial charge in [-0.1, -0.05) is 6.42 Å². The van der Waals surface area contributed by atoms with Crippen LogP contribution in [0.3, 0.4) is 0 Å². The monoisotopic (exact) mass is 282 g/mol. The molecule has 1 N–H and O–H groups in total. The Morgan fingerprint density at radius 2 is 1.84 bits per heavy atom. The van der Waals surface area contributed by atoms with Crippen molar-refractivity contribution < 1.29 is 18.3 Å². The van der Waals surface area contributed by atoms with Gasteiger partial charge in [0.15, 0.2) is 9.84 Å². The fourth-order valence-corrected chi connectivity index (χ4v) is 3.39. The van der Waals surface area contributed by atoms with Crippen LogP contribution >= 0.6 is 0 Å². The molecule has 1 aliphatic carbocycles. The standard InChI is InChI=1S/C14H18O4S/c1-9-7-11(19(3,17)18)8-12(10(9)2)14(13(15)16)5-4-6-14/h7-8H,4-6H2,1-3H3,(H,15,16). The van der Waals surface area contributed by atoms with Crippen LogP contribution in [-0.4, -0.2) is 25.7 Å². The summed E-state index contributed by atoms with van der Waals surface area (Å²) >= 11 is 0. The second-order valence-electron chi connectivity index (χ2n) is 5.43. The van der Waals surface area contributed by atoms with Crippen LogP contribution in [0.25, 0.3) is 0 Å². The molecular weight excluding hydrogens is 264 g/mol. The number of carboxylic acid groups (broad SMARTS) is 1. The van der Waals surface area contributed by atoms with Crippen molar-refractivity contribution >= 4 is 15.8 Å². The molecule has 0 atom stereocenters. The quantitative estimate of drug-likeness (QED) is 0.922. The summed E-state index contributed by atoms with van der Waals surface area (Å²) in [5.41, 5.74) is 1.47. The van der Waals surface area contributed by atoms with Crippen LogP contribution in [-0.2, 0) is 20.0 Å². The van der Waals surface area contributed by atoms with E-state index in [4.69, 9.17) is 0 Å². The van der Waals surface area contributed by atoms with E-state index in [1.54, 1.807) is 12.1 Å². The van der Waals surface area contributed by atoms with Crippen LogP contribution in [0.2, 0.25) is 0 Å². The van der Waals surface area contributed by atoms with Crippen LogP contribution in [0.1, 0.15) is 36.0 Å². The van der Waals surface area contributed by atoms with Crippen molar-refractivity contribution in [3.63, 3.8) is 0 Å².